The number of amides is 1. The highest BCUT2D eigenvalue weighted by molar-refractivity contribution is 5.65. The first-order chi connectivity index (χ1) is 10.1. The summed E-state index contributed by atoms with van der Waals surface area (Å²) in [5.74, 6) is 1.57. The quantitative estimate of drug-likeness (QED) is 0.865. The number of nitrogens with one attached hydrogen (secondary N) is 1. The molecule has 0 aliphatic carbocycles. The zero-order valence-electron chi connectivity index (χ0n) is 12.5. The van der Waals surface area contributed by atoms with Crippen LogP contribution < -0.4 is 14.8 Å². The SMILES string of the molecule is COc1ccc(C)c(OCC[C@@H]2CN(C(=O)O)CCN2)c1. The fourth-order valence-corrected chi connectivity index (χ4v) is 2.37. The summed E-state index contributed by atoms with van der Waals surface area (Å²) in [7, 11) is 1.63. The van der Waals surface area contributed by atoms with Gasteiger partial charge < -0.3 is 24.8 Å². The van der Waals surface area contributed by atoms with E-state index in [4.69, 9.17) is 14.6 Å². The van der Waals surface area contributed by atoms with Gasteiger partial charge in [-0.05, 0) is 25.0 Å². The van der Waals surface area contributed by atoms with Crippen molar-refractivity contribution in [2.24, 2.45) is 0 Å². The maximum atomic E-state index is 11.0. The zero-order chi connectivity index (χ0) is 15.2. The van der Waals surface area contributed by atoms with Crippen LogP contribution in [0.25, 0.3) is 0 Å². The van der Waals surface area contributed by atoms with Crippen LogP contribution in [0, 0.1) is 6.92 Å². The number of aryl methyl sites for hydroxylation is 1. The molecule has 1 heterocycles. The van der Waals surface area contributed by atoms with Crippen molar-refractivity contribution in [2.75, 3.05) is 33.4 Å². The number of rotatable bonds is 5. The first-order valence-corrected chi connectivity index (χ1v) is 7.09. The van der Waals surface area contributed by atoms with E-state index in [0.29, 0.717) is 26.2 Å². The van der Waals surface area contributed by atoms with E-state index in [1.54, 1.807) is 7.11 Å². The topological polar surface area (TPSA) is 71.0 Å². The maximum absolute atomic E-state index is 11.0. The molecule has 0 bridgehead atoms. The summed E-state index contributed by atoms with van der Waals surface area (Å²) in [6.07, 6.45) is -0.0912. The van der Waals surface area contributed by atoms with Gasteiger partial charge in [0.15, 0.2) is 0 Å². The van der Waals surface area contributed by atoms with Crippen LogP contribution in [0.5, 0.6) is 11.5 Å². The fourth-order valence-electron chi connectivity index (χ4n) is 2.37. The van der Waals surface area contributed by atoms with Crippen molar-refractivity contribution in [3.8, 4) is 11.5 Å². The van der Waals surface area contributed by atoms with Crippen LogP contribution in [0.4, 0.5) is 4.79 Å². The minimum Gasteiger partial charge on any atom is -0.497 e. The van der Waals surface area contributed by atoms with E-state index in [1.807, 2.05) is 25.1 Å². The Balaban J connectivity index is 1.82. The number of piperazine rings is 1. The summed E-state index contributed by atoms with van der Waals surface area (Å²) in [5, 5.41) is 12.3. The van der Waals surface area contributed by atoms with E-state index in [-0.39, 0.29) is 6.04 Å². The van der Waals surface area contributed by atoms with Crippen molar-refractivity contribution in [3.63, 3.8) is 0 Å². The second kappa shape index (κ2) is 7.17. The molecule has 1 aromatic rings. The van der Waals surface area contributed by atoms with Gasteiger partial charge in [0.1, 0.15) is 11.5 Å². The number of methoxy groups -OCH3 is 1. The smallest absolute Gasteiger partial charge is 0.407 e. The Morgan fingerprint density at radius 1 is 1.52 bits per heavy atom. The number of nitrogens with zero attached hydrogens (tertiary/aromatic N) is 1. The summed E-state index contributed by atoms with van der Waals surface area (Å²) in [6, 6.07) is 5.86. The largest absolute Gasteiger partial charge is 0.497 e. The molecule has 1 atom stereocenters. The molecule has 0 spiro atoms. The fraction of sp³-hybridized carbons (Fsp3) is 0.533. The molecule has 1 aliphatic heterocycles. The van der Waals surface area contributed by atoms with Gasteiger partial charge in [-0.3, -0.25) is 0 Å². The molecular formula is C15H22N2O4. The van der Waals surface area contributed by atoms with Gasteiger partial charge in [-0.1, -0.05) is 6.07 Å². The summed E-state index contributed by atoms with van der Waals surface area (Å²) < 4.78 is 11.0. The third-order valence-electron chi connectivity index (χ3n) is 3.65. The lowest BCUT2D eigenvalue weighted by Gasteiger charge is -2.31. The van der Waals surface area contributed by atoms with E-state index < -0.39 is 6.09 Å². The van der Waals surface area contributed by atoms with Gasteiger partial charge in [0.25, 0.3) is 0 Å². The number of hydrogen-bond acceptors (Lipinski definition) is 4. The van der Waals surface area contributed by atoms with Crippen LogP contribution in [-0.4, -0.2) is 55.5 Å². The highest BCUT2D eigenvalue weighted by atomic mass is 16.5. The molecular weight excluding hydrogens is 272 g/mol. The zero-order valence-corrected chi connectivity index (χ0v) is 12.5. The van der Waals surface area contributed by atoms with Crippen molar-refractivity contribution in [1.82, 2.24) is 10.2 Å². The van der Waals surface area contributed by atoms with Gasteiger partial charge in [0.2, 0.25) is 0 Å². The van der Waals surface area contributed by atoms with Crippen LogP contribution >= 0.6 is 0 Å². The Hall–Kier alpha value is -1.95. The van der Waals surface area contributed by atoms with E-state index in [1.165, 1.54) is 4.90 Å². The normalized spacial score (nSPS) is 18.4. The summed E-state index contributed by atoms with van der Waals surface area (Å²) in [4.78, 5) is 12.4. The standard InChI is InChI=1S/C15H22N2O4/c1-11-3-4-13(20-2)9-14(11)21-8-5-12-10-17(15(18)19)7-6-16-12/h3-4,9,12,16H,5-8,10H2,1-2H3,(H,18,19)/t12-/m1/s1. The Bertz CT molecular complexity index is 493. The van der Waals surface area contributed by atoms with Crippen LogP contribution in [0.1, 0.15) is 12.0 Å². The van der Waals surface area contributed by atoms with E-state index in [0.717, 1.165) is 23.5 Å². The molecule has 1 aromatic carbocycles. The number of ether oxygens (including phenoxy) is 2. The molecule has 116 valence electrons. The predicted octanol–water partition coefficient (Wildman–Crippen LogP) is 1.72. The molecule has 6 heteroatoms. The second-order valence-electron chi connectivity index (χ2n) is 5.15. The highest BCUT2D eigenvalue weighted by Crippen LogP contribution is 2.24. The molecule has 21 heavy (non-hydrogen) atoms. The molecule has 0 saturated carbocycles. The molecule has 0 radical (unpaired) electrons. The lowest BCUT2D eigenvalue weighted by atomic mass is 10.1. The summed E-state index contributed by atoms with van der Waals surface area (Å²) >= 11 is 0. The number of carbonyl (C=O) groups is 1. The van der Waals surface area contributed by atoms with Gasteiger partial charge in [-0.25, -0.2) is 4.79 Å². The number of benzene rings is 1. The Kier molecular flexibility index (Phi) is 5.27. The molecule has 1 fully saturated rings. The average molecular weight is 294 g/mol. The Labute approximate surface area is 124 Å². The van der Waals surface area contributed by atoms with Gasteiger partial charge in [0, 0.05) is 31.7 Å². The third-order valence-corrected chi connectivity index (χ3v) is 3.65. The Morgan fingerprint density at radius 2 is 2.33 bits per heavy atom. The molecule has 2 N–H and O–H groups in total. The third kappa shape index (κ3) is 4.26. The van der Waals surface area contributed by atoms with Gasteiger partial charge in [-0.2, -0.15) is 0 Å². The monoisotopic (exact) mass is 294 g/mol. The van der Waals surface area contributed by atoms with Crippen molar-refractivity contribution in [3.05, 3.63) is 23.8 Å². The molecule has 6 nitrogen and oxygen atoms in total. The molecule has 1 aliphatic rings. The van der Waals surface area contributed by atoms with Gasteiger partial charge in [0.05, 0.1) is 13.7 Å². The second-order valence-corrected chi connectivity index (χ2v) is 5.15. The summed E-state index contributed by atoms with van der Waals surface area (Å²) in [5.41, 5.74) is 1.06. The van der Waals surface area contributed by atoms with Crippen LogP contribution in [0.15, 0.2) is 18.2 Å². The first kappa shape index (κ1) is 15.4. The van der Waals surface area contributed by atoms with Crippen LogP contribution in [0.3, 0.4) is 0 Å². The summed E-state index contributed by atoms with van der Waals surface area (Å²) in [6.45, 7) is 4.27. The molecule has 0 aromatic heterocycles. The van der Waals surface area contributed by atoms with Gasteiger partial charge >= 0.3 is 6.09 Å². The number of carboxylic acid groups (broad SMARTS) is 1. The van der Waals surface area contributed by atoms with E-state index in [9.17, 15) is 4.79 Å². The van der Waals surface area contributed by atoms with Crippen LogP contribution in [0.2, 0.25) is 0 Å². The highest BCUT2D eigenvalue weighted by Gasteiger charge is 2.22. The molecule has 1 saturated heterocycles. The maximum Gasteiger partial charge on any atom is 0.407 e. The van der Waals surface area contributed by atoms with Crippen molar-refractivity contribution < 1.29 is 19.4 Å². The van der Waals surface area contributed by atoms with Gasteiger partial charge in [-0.15, -0.1) is 0 Å². The first-order valence-electron chi connectivity index (χ1n) is 7.09. The van der Waals surface area contributed by atoms with Crippen LogP contribution in [-0.2, 0) is 0 Å². The van der Waals surface area contributed by atoms with E-state index in [2.05, 4.69) is 5.32 Å². The minimum atomic E-state index is -0.856. The molecule has 1 amide bonds. The predicted molar refractivity (Wildman–Crippen MR) is 79.2 cm³/mol. The number of hydrogen-bond donors (Lipinski definition) is 2. The minimum absolute atomic E-state index is 0.140. The van der Waals surface area contributed by atoms with Crippen molar-refractivity contribution in [1.29, 1.82) is 0 Å². The lowest BCUT2D eigenvalue weighted by Crippen LogP contribution is -2.52. The average Bonchev–Trinajstić information content (AvgIpc) is 2.49. The lowest BCUT2D eigenvalue weighted by molar-refractivity contribution is 0.124. The van der Waals surface area contributed by atoms with Crippen molar-refractivity contribution in [2.45, 2.75) is 19.4 Å². The van der Waals surface area contributed by atoms with E-state index >= 15 is 0 Å². The molecule has 2 rings (SSSR count). The molecule has 0 unspecified atom stereocenters. The Morgan fingerprint density at radius 3 is 3.05 bits per heavy atom. The van der Waals surface area contributed by atoms with Crippen molar-refractivity contribution >= 4 is 6.09 Å².